The Hall–Kier alpha value is -1.57. The van der Waals surface area contributed by atoms with Gasteiger partial charge in [0.1, 0.15) is 6.61 Å². The monoisotopic (exact) mass is 260 g/mol. The molecule has 0 bridgehead atoms. The molecule has 104 valence electrons. The van der Waals surface area contributed by atoms with Gasteiger partial charge in [0.05, 0.1) is 0 Å². The van der Waals surface area contributed by atoms with Gasteiger partial charge in [-0.05, 0) is 18.1 Å². The normalized spacial score (nSPS) is 10.8. The summed E-state index contributed by atoms with van der Waals surface area (Å²) in [4.78, 5) is 11.4. The van der Waals surface area contributed by atoms with Crippen molar-refractivity contribution < 1.29 is 9.53 Å². The third-order valence-electron chi connectivity index (χ3n) is 2.93. The minimum atomic E-state index is -0.0887. The topological polar surface area (TPSA) is 26.3 Å². The Labute approximate surface area is 116 Å². The molecule has 0 amide bonds. The first-order valence-electron chi connectivity index (χ1n) is 7.20. The fourth-order valence-electron chi connectivity index (χ4n) is 1.83. The first-order valence-corrected chi connectivity index (χ1v) is 7.20. The maximum absolute atomic E-state index is 11.4. The number of esters is 1. The van der Waals surface area contributed by atoms with E-state index < -0.39 is 0 Å². The minimum Gasteiger partial charge on any atom is -0.461 e. The number of unbranched alkanes of at least 4 members (excludes halogenated alkanes) is 4. The predicted molar refractivity (Wildman–Crippen MR) is 79.8 cm³/mol. The van der Waals surface area contributed by atoms with Crippen molar-refractivity contribution in [3.63, 3.8) is 0 Å². The Balaban J connectivity index is 2.05. The second-order valence-corrected chi connectivity index (χ2v) is 4.66. The van der Waals surface area contributed by atoms with E-state index in [0.29, 0.717) is 13.0 Å². The van der Waals surface area contributed by atoms with Crippen LogP contribution >= 0.6 is 0 Å². The molecule has 0 fully saturated rings. The van der Waals surface area contributed by atoms with Crippen molar-refractivity contribution in [1.29, 1.82) is 0 Å². The zero-order chi connectivity index (χ0) is 13.8. The highest BCUT2D eigenvalue weighted by Crippen LogP contribution is 2.06. The molecule has 0 aromatic heterocycles. The lowest BCUT2D eigenvalue weighted by Gasteiger charge is -2.02. The van der Waals surface area contributed by atoms with Gasteiger partial charge < -0.3 is 4.74 Å². The van der Waals surface area contributed by atoms with Gasteiger partial charge in [0.15, 0.2) is 0 Å². The molecular formula is C17H24O2. The molecule has 0 heterocycles. The third-order valence-corrected chi connectivity index (χ3v) is 2.93. The van der Waals surface area contributed by atoms with Crippen LogP contribution in [0, 0.1) is 0 Å². The second kappa shape index (κ2) is 10.4. The van der Waals surface area contributed by atoms with Crippen molar-refractivity contribution >= 4 is 12.0 Å². The standard InChI is InChI=1S/C17H24O2/c1-2-3-4-5-9-14-17(18)19-15-10-13-16-11-7-6-8-12-16/h6-8,10-13H,2-5,9,14-15H2,1H3/b13-10+. The molecule has 0 saturated carbocycles. The Morgan fingerprint density at radius 3 is 2.58 bits per heavy atom. The van der Waals surface area contributed by atoms with Gasteiger partial charge in [0.2, 0.25) is 0 Å². The molecule has 0 atom stereocenters. The van der Waals surface area contributed by atoms with Crippen LogP contribution in [-0.4, -0.2) is 12.6 Å². The smallest absolute Gasteiger partial charge is 0.306 e. The first kappa shape index (κ1) is 15.5. The van der Waals surface area contributed by atoms with Crippen LogP contribution < -0.4 is 0 Å². The highest BCUT2D eigenvalue weighted by molar-refractivity contribution is 5.69. The van der Waals surface area contributed by atoms with E-state index in [2.05, 4.69) is 6.92 Å². The van der Waals surface area contributed by atoms with E-state index in [1.165, 1.54) is 19.3 Å². The van der Waals surface area contributed by atoms with Crippen LogP contribution in [0.1, 0.15) is 51.0 Å². The van der Waals surface area contributed by atoms with Gasteiger partial charge in [-0.15, -0.1) is 0 Å². The SMILES string of the molecule is CCCCCCCC(=O)OC/C=C/c1ccccc1. The molecule has 0 aliphatic carbocycles. The molecule has 0 spiro atoms. The van der Waals surface area contributed by atoms with Crippen LogP contribution in [-0.2, 0) is 9.53 Å². The van der Waals surface area contributed by atoms with E-state index in [9.17, 15) is 4.79 Å². The fourth-order valence-corrected chi connectivity index (χ4v) is 1.83. The van der Waals surface area contributed by atoms with Crippen molar-refractivity contribution in [3.8, 4) is 0 Å². The number of benzene rings is 1. The number of carbonyl (C=O) groups is 1. The van der Waals surface area contributed by atoms with Crippen LogP contribution in [0.25, 0.3) is 6.08 Å². The van der Waals surface area contributed by atoms with Crippen molar-refractivity contribution in [3.05, 3.63) is 42.0 Å². The highest BCUT2D eigenvalue weighted by atomic mass is 16.5. The lowest BCUT2D eigenvalue weighted by molar-refractivity contribution is -0.142. The van der Waals surface area contributed by atoms with E-state index in [1.54, 1.807) is 0 Å². The Morgan fingerprint density at radius 2 is 1.84 bits per heavy atom. The molecule has 2 nitrogen and oxygen atoms in total. The summed E-state index contributed by atoms with van der Waals surface area (Å²) in [7, 11) is 0. The van der Waals surface area contributed by atoms with Crippen molar-refractivity contribution in [1.82, 2.24) is 0 Å². The molecule has 0 aliphatic rings. The summed E-state index contributed by atoms with van der Waals surface area (Å²) in [5.41, 5.74) is 1.12. The van der Waals surface area contributed by atoms with Gasteiger partial charge in [-0.3, -0.25) is 4.79 Å². The van der Waals surface area contributed by atoms with Gasteiger partial charge >= 0.3 is 5.97 Å². The van der Waals surface area contributed by atoms with Gasteiger partial charge in [-0.25, -0.2) is 0 Å². The second-order valence-electron chi connectivity index (χ2n) is 4.66. The van der Waals surface area contributed by atoms with E-state index in [-0.39, 0.29) is 5.97 Å². The van der Waals surface area contributed by atoms with E-state index in [4.69, 9.17) is 4.74 Å². The maximum atomic E-state index is 11.4. The van der Waals surface area contributed by atoms with Crippen molar-refractivity contribution in [2.75, 3.05) is 6.61 Å². The van der Waals surface area contributed by atoms with Gasteiger partial charge in [-0.1, -0.05) is 69.0 Å². The number of hydrogen-bond acceptors (Lipinski definition) is 2. The summed E-state index contributed by atoms with van der Waals surface area (Å²) in [6, 6.07) is 10.00. The van der Waals surface area contributed by atoms with Gasteiger partial charge in [0.25, 0.3) is 0 Å². The Morgan fingerprint density at radius 1 is 1.11 bits per heavy atom. The molecule has 1 rings (SSSR count). The van der Waals surface area contributed by atoms with Crippen LogP contribution in [0.3, 0.4) is 0 Å². The molecule has 0 N–H and O–H groups in total. The Kier molecular flexibility index (Phi) is 8.45. The molecule has 0 radical (unpaired) electrons. The van der Waals surface area contributed by atoms with Crippen LogP contribution in [0.5, 0.6) is 0 Å². The molecule has 2 heteroatoms. The molecule has 0 saturated heterocycles. The molecular weight excluding hydrogens is 236 g/mol. The zero-order valence-corrected chi connectivity index (χ0v) is 11.8. The van der Waals surface area contributed by atoms with Crippen LogP contribution in [0.4, 0.5) is 0 Å². The lowest BCUT2D eigenvalue weighted by atomic mass is 10.1. The number of ether oxygens (including phenoxy) is 1. The predicted octanol–water partition coefficient (Wildman–Crippen LogP) is 4.60. The third kappa shape index (κ3) is 8.20. The maximum Gasteiger partial charge on any atom is 0.306 e. The number of hydrogen-bond donors (Lipinski definition) is 0. The molecule has 0 unspecified atom stereocenters. The summed E-state index contributed by atoms with van der Waals surface area (Å²) in [6.45, 7) is 2.55. The summed E-state index contributed by atoms with van der Waals surface area (Å²) < 4.78 is 5.14. The van der Waals surface area contributed by atoms with Gasteiger partial charge in [0, 0.05) is 6.42 Å². The zero-order valence-electron chi connectivity index (χ0n) is 11.8. The Bertz CT molecular complexity index is 368. The van der Waals surface area contributed by atoms with E-state index in [0.717, 1.165) is 18.4 Å². The molecule has 19 heavy (non-hydrogen) atoms. The minimum absolute atomic E-state index is 0.0887. The average Bonchev–Trinajstić information content (AvgIpc) is 2.44. The molecule has 1 aromatic rings. The summed E-state index contributed by atoms with van der Waals surface area (Å²) in [6.07, 6.45) is 10.2. The van der Waals surface area contributed by atoms with E-state index in [1.807, 2.05) is 42.5 Å². The largest absolute Gasteiger partial charge is 0.461 e. The van der Waals surface area contributed by atoms with Gasteiger partial charge in [-0.2, -0.15) is 0 Å². The van der Waals surface area contributed by atoms with Crippen LogP contribution in [0.2, 0.25) is 0 Å². The van der Waals surface area contributed by atoms with Crippen molar-refractivity contribution in [2.24, 2.45) is 0 Å². The van der Waals surface area contributed by atoms with Crippen LogP contribution in [0.15, 0.2) is 36.4 Å². The van der Waals surface area contributed by atoms with Crippen molar-refractivity contribution in [2.45, 2.75) is 45.4 Å². The fraction of sp³-hybridized carbons (Fsp3) is 0.471. The number of carbonyl (C=O) groups excluding carboxylic acids is 1. The first-order chi connectivity index (χ1) is 9.33. The summed E-state index contributed by atoms with van der Waals surface area (Å²) in [5.74, 6) is -0.0887. The highest BCUT2D eigenvalue weighted by Gasteiger charge is 2.00. The molecule has 1 aromatic carbocycles. The summed E-state index contributed by atoms with van der Waals surface area (Å²) >= 11 is 0. The quantitative estimate of drug-likeness (QED) is 0.479. The lowest BCUT2D eigenvalue weighted by Crippen LogP contribution is -2.03. The van der Waals surface area contributed by atoms with E-state index >= 15 is 0 Å². The molecule has 0 aliphatic heterocycles. The number of rotatable bonds is 9. The average molecular weight is 260 g/mol. The summed E-state index contributed by atoms with van der Waals surface area (Å²) in [5, 5.41) is 0.